The third-order valence-corrected chi connectivity index (χ3v) is 1.91. The highest BCUT2D eigenvalue weighted by atomic mass is 35.5. The van der Waals surface area contributed by atoms with Crippen molar-refractivity contribution in [1.82, 2.24) is 9.97 Å². The van der Waals surface area contributed by atoms with Crippen LogP contribution in [0.25, 0.3) is 0 Å². The zero-order chi connectivity index (χ0) is 10.2. The van der Waals surface area contributed by atoms with Crippen LogP contribution in [-0.2, 0) is 5.41 Å². The summed E-state index contributed by atoms with van der Waals surface area (Å²) in [6.07, 6.45) is 0. The van der Waals surface area contributed by atoms with E-state index in [0.29, 0.717) is 0 Å². The first kappa shape index (κ1) is 10.7. The summed E-state index contributed by atoms with van der Waals surface area (Å²) in [4.78, 5) is 7.29. The van der Waals surface area contributed by atoms with Crippen molar-refractivity contribution in [3.05, 3.63) is 21.9 Å². The average Bonchev–Trinajstić information content (AvgIpc) is 1.94. The highest BCUT2D eigenvalue weighted by Gasteiger charge is 2.23. The van der Waals surface area contributed by atoms with Gasteiger partial charge in [-0.3, -0.25) is 0 Å². The van der Waals surface area contributed by atoms with E-state index in [0.717, 1.165) is 0 Å². The van der Waals surface area contributed by atoms with Crippen LogP contribution in [0.1, 0.15) is 26.5 Å². The zero-order valence-electron chi connectivity index (χ0n) is 7.53. The van der Waals surface area contributed by atoms with Gasteiger partial charge < -0.3 is 0 Å². The normalized spacial score (nSPS) is 11.8. The summed E-state index contributed by atoms with van der Waals surface area (Å²) in [5, 5.41) is -0.263. The van der Waals surface area contributed by atoms with E-state index in [2.05, 4.69) is 9.97 Å². The van der Waals surface area contributed by atoms with Crippen LogP contribution >= 0.6 is 23.2 Å². The maximum Gasteiger partial charge on any atom is 0.224 e. The molecule has 2 nitrogen and oxygen atoms in total. The minimum Gasteiger partial charge on any atom is -0.219 e. The van der Waals surface area contributed by atoms with Gasteiger partial charge in [-0.05, 0) is 11.6 Å². The molecule has 1 aromatic rings. The predicted octanol–water partition coefficient (Wildman–Crippen LogP) is 3.22. The van der Waals surface area contributed by atoms with Gasteiger partial charge in [0.15, 0.2) is 11.0 Å². The zero-order valence-corrected chi connectivity index (χ0v) is 9.04. The molecule has 1 rings (SSSR count). The van der Waals surface area contributed by atoms with E-state index >= 15 is 0 Å². The lowest BCUT2D eigenvalue weighted by molar-refractivity contribution is 0.498. The maximum absolute atomic E-state index is 13.4. The monoisotopic (exact) mass is 222 g/mol. The Labute approximate surface area is 86.1 Å². The summed E-state index contributed by atoms with van der Waals surface area (Å²) in [6, 6.07) is 0. The van der Waals surface area contributed by atoms with Crippen LogP contribution in [0.5, 0.6) is 0 Å². The van der Waals surface area contributed by atoms with Gasteiger partial charge in [0.05, 0.1) is 5.69 Å². The molecule has 0 radical (unpaired) electrons. The van der Waals surface area contributed by atoms with E-state index in [1.54, 1.807) is 0 Å². The molecule has 0 spiro atoms. The lowest BCUT2D eigenvalue weighted by atomic mass is 9.92. The van der Waals surface area contributed by atoms with E-state index in [9.17, 15) is 4.39 Å². The molecule has 0 aromatic carbocycles. The Morgan fingerprint density at radius 1 is 1.15 bits per heavy atom. The summed E-state index contributed by atoms with van der Waals surface area (Å²) in [5.41, 5.74) is -0.196. The van der Waals surface area contributed by atoms with Crippen molar-refractivity contribution in [3.8, 4) is 0 Å². The molecule has 1 aromatic heterocycles. The molecule has 13 heavy (non-hydrogen) atoms. The number of rotatable bonds is 0. The Bertz CT molecular complexity index is 334. The number of aromatic nitrogens is 2. The van der Waals surface area contributed by atoms with Crippen LogP contribution in [0.15, 0.2) is 0 Å². The predicted molar refractivity (Wildman–Crippen MR) is 50.7 cm³/mol. The minimum absolute atomic E-state index is 0.0312. The number of hydrogen-bond acceptors (Lipinski definition) is 2. The van der Waals surface area contributed by atoms with Crippen molar-refractivity contribution < 1.29 is 4.39 Å². The molecule has 0 aliphatic heterocycles. The Morgan fingerprint density at radius 3 is 2.15 bits per heavy atom. The van der Waals surface area contributed by atoms with Crippen molar-refractivity contribution in [3.63, 3.8) is 0 Å². The standard InChI is InChI=1S/C8H9Cl2FN2/c1-8(2,3)5-4(11)6(9)13-7(10)12-5/h1-3H3. The molecule has 0 fully saturated rings. The number of halogens is 3. The first-order chi connectivity index (χ1) is 5.82. The smallest absolute Gasteiger partial charge is 0.219 e. The van der Waals surface area contributed by atoms with Gasteiger partial charge in [-0.2, -0.15) is 0 Å². The topological polar surface area (TPSA) is 25.8 Å². The first-order valence-corrected chi connectivity index (χ1v) is 4.47. The highest BCUT2D eigenvalue weighted by Crippen LogP contribution is 2.27. The van der Waals surface area contributed by atoms with Gasteiger partial charge in [-0.1, -0.05) is 32.4 Å². The fraction of sp³-hybridized carbons (Fsp3) is 0.500. The SMILES string of the molecule is CC(C)(C)c1nc(Cl)nc(Cl)c1F. The third kappa shape index (κ3) is 2.29. The second-order valence-corrected chi connectivity index (χ2v) is 4.39. The van der Waals surface area contributed by atoms with Gasteiger partial charge in [0.2, 0.25) is 5.28 Å². The number of nitrogens with zero attached hydrogens (tertiary/aromatic N) is 2. The summed E-state index contributed by atoms with van der Waals surface area (Å²) >= 11 is 11.1. The van der Waals surface area contributed by atoms with E-state index in [4.69, 9.17) is 23.2 Å². The van der Waals surface area contributed by atoms with E-state index in [1.807, 2.05) is 20.8 Å². The van der Waals surface area contributed by atoms with Crippen LogP contribution in [0.3, 0.4) is 0 Å². The first-order valence-electron chi connectivity index (χ1n) is 3.71. The number of hydrogen-bond donors (Lipinski definition) is 0. The molecule has 1 heterocycles. The Kier molecular flexibility index (Phi) is 2.78. The molecular formula is C8H9Cl2FN2. The van der Waals surface area contributed by atoms with Crippen molar-refractivity contribution >= 4 is 23.2 Å². The third-order valence-electron chi connectivity index (χ3n) is 1.49. The molecule has 5 heteroatoms. The van der Waals surface area contributed by atoms with E-state index in [-0.39, 0.29) is 16.1 Å². The van der Waals surface area contributed by atoms with Crippen molar-refractivity contribution in [2.24, 2.45) is 0 Å². The van der Waals surface area contributed by atoms with Crippen LogP contribution in [-0.4, -0.2) is 9.97 Å². The van der Waals surface area contributed by atoms with Crippen LogP contribution in [0, 0.1) is 5.82 Å². The lowest BCUT2D eigenvalue weighted by Crippen LogP contribution is -2.17. The van der Waals surface area contributed by atoms with Gasteiger partial charge in [0.1, 0.15) is 0 Å². The summed E-state index contributed by atoms with van der Waals surface area (Å²) in [6.45, 7) is 5.47. The van der Waals surface area contributed by atoms with Gasteiger partial charge >= 0.3 is 0 Å². The molecule has 0 aliphatic rings. The van der Waals surface area contributed by atoms with Crippen LogP contribution in [0.2, 0.25) is 10.4 Å². The Balaban J connectivity index is 3.37. The summed E-state index contributed by atoms with van der Waals surface area (Å²) in [5.74, 6) is -0.599. The van der Waals surface area contributed by atoms with E-state index < -0.39 is 11.2 Å². The largest absolute Gasteiger partial charge is 0.224 e. The molecule has 0 N–H and O–H groups in total. The van der Waals surface area contributed by atoms with Crippen molar-refractivity contribution in [1.29, 1.82) is 0 Å². The van der Waals surface area contributed by atoms with Crippen LogP contribution < -0.4 is 0 Å². The molecule has 0 aliphatic carbocycles. The summed E-state index contributed by atoms with van der Waals surface area (Å²) < 4.78 is 13.4. The molecule has 0 saturated heterocycles. The Hall–Kier alpha value is -0.410. The minimum atomic E-state index is -0.599. The quantitative estimate of drug-likeness (QED) is 0.498. The molecule has 0 saturated carbocycles. The average molecular weight is 223 g/mol. The maximum atomic E-state index is 13.4. The molecule has 0 unspecified atom stereocenters. The van der Waals surface area contributed by atoms with Gasteiger partial charge in [0.25, 0.3) is 0 Å². The fourth-order valence-corrected chi connectivity index (χ4v) is 1.27. The molecule has 0 amide bonds. The van der Waals surface area contributed by atoms with Crippen molar-refractivity contribution in [2.45, 2.75) is 26.2 Å². The lowest BCUT2D eigenvalue weighted by Gasteiger charge is -2.18. The van der Waals surface area contributed by atoms with Gasteiger partial charge in [-0.25, -0.2) is 14.4 Å². The molecule has 0 bridgehead atoms. The highest BCUT2D eigenvalue weighted by molar-refractivity contribution is 6.31. The molecule has 72 valence electrons. The second kappa shape index (κ2) is 3.39. The second-order valence-electron chi connectivity index (χ2n) is 3.70. The fourth-order valence-electron chi connectivity index (χ4n) is 0.891. The van der Waals surface area contributed by atoms with Gasteiger partial charge in [-0.15, -0.1) is 0 Å². The summed E-state index contributed by atoms with van der Waals surface area (Å²) in [7, 11) is 0. The van der Waals surface area contributed by atoms with Gasteiger partial charge in [0, 0.05) is 5.41 Å². The molecule has 0 atom stereocenters. The van der Waals surface area contributed by atoms with Crippen LogP contribution in [0.4, 0.5) is 4.39 Å². The molecular weight excluding hydrogens is 214 g/mol. The Morgan fingerprint density at radius 2 is 1.69 bits per heavy atom. The van der Waals surface area contributed by atoms with Crippen molar-refractivity contribution in [2.75, 3.05) is 0 Å². The van der Waals surface area contributed by atoms with E-state index in [1.165, 1.54) is 0 Å².